The summed E-state index contributed by atoms with van der Waals surface area (Å²) < 4.78 is 12.9. The molecule has 0 aliphatic heterocycles. The van der Waals surface area contributed by atoms with Crippen LogP contribution in [0, 0.1) is 5.82 Å². The average Bonchev–Trinajstić information content (AvgIpc) is 2.79. The highest BCUT2D eigenvalue weighted by atomic mass is 19.1. The monoisotopic (exact) mass is 233 g/mol. The van der Waals surface area contributed by atoms with E-state index in [4.69, 9.17) is 0 Å². The van der Waals surface area contributed by atoms with Crippen LogP contribution in [0.15, 0.2) is 36.8 Å². The molecule has 0 aliphatic rings. The highest BCUT2D eigenvalue weighted by Gasteiger charge is 2.04. The molecule has 2 aromatic rings. The van der Waals surface area contributed by atoms with Gasteiger partial charge in [-0.2, -0.15) is 0 Å². The number of carbonyl (C=O) groups is 1. The molecule has 0 saturated heterocycles. The van der Waals surface area contributed by atoms with Gasteiger partial charge >= 0.3 is 0 Å². The van der Waals surface area contributed by atoms with Crippen LogP contribution in [0.1, 0.15) is 11.3 Å². The Morgan fingerprint density at radius 3 is 3.06 bits per heavy atom. The van der Waals surface area contributed by atoms with E-state index in [0.29, 0.717) is 12.1 Å². The number of aromatic nitrogens is 2. The van der Waals surface area contributed by atoms with Crippen LogP contribution in [0.5, 0.6) is 0 Å². The summed E-state index contributed by atoms with van der Waals surface area (Å²) in [5.41, 5.74) is 1.49. The summed E-state index contributed by atoms with van der Waals surface area (Å²) in [5.74, 6) is -0.478. The van der Waals surface area contributed by atoms with Crippen LogP contribution in [0.25, 0.3) is 0 Å². The Labute approximate surface area is 97.9 Å². The molecular weight excluding hydrogens is 221 g/mol. The number of amides is 1. The molecule has 17 heavy (non-hydrogen) atoms. The van der Waals surface area contributed by atoms with Crippen molar-refractivity contribution in [2.75, 3.05) is 0 Å². The fourth-order valence-corrected chi connectivity index (χ4v) is 1.47. The molecule has 1 amide bonds. The van der Waals surface area contributed by atoms with Crippen LogP contribution in [0.3, 0.4) is 0 Å². The quantitative estimate of drug-likeness (QED) is 0.838. The Hall–Kier alpha value is -2.17. The second kappa shape index (κ2) is 5.25. The zero-order valence-electron chi connectivity index (χ0n) is 9.11. The van der Waals surface area contributed by atoms with Gasteiger partial charge in [-0.15, -0.1) is 0 Å². The zero-order valence-corrected chi connectivity index (χ0v) is 9.11. The first kappa shape index (κ1) is 11.3. The lowest BCUT2D eigenvalue weighted by atomic mass is 10.1. The van der Waals surface area contributed by atoms with E-state index < -0.39 is 0 Å². The van der Waals surface area contributed by atoms with Gasteiger partial charge in [0.25, 0.3) is 0 Å². The topological polar surface area (TPSA) is 57.8 Å². The molecule has 2 N–H and O–H groups in total. The smallest absolute Gasteiger partial charge is 0.224 e. The number of halogens is 1. The molecule has 0 spiro atoms. The molecule has 1 aromatic heterocycles. The summed E-state index contributed by atoms with van der Waals surface area (Å²) in [6.07, 6.45) is 3.36. The first-order valence-electron chi connectivity index (χ1n) is 5.22. The lowest BCUT2D eigenvalue weighted by Crippen LogP contribution is -2.24. The molecule has 0 fully saturated rings. The maximum absolute atomic E-state index is 12.9. The van der Waals surface area contributed by atoms with Crippen molar-refractivity contribution in [3.05, 3.63) is 53.9 Å². The highest BCUT2D eigenvalue weighted by molar-refractivity contribution is 5.78. The Morgan fingerprint density at radius 1 is 1.47 bits per heavy atom. The maximum Gasteiger partial charge on any atom is 0.224 e. The number of benzene rings is 1. The van der Waals surface area contributed by atoms with Crippen LogP contribution in [0.2, 0.25) is 0 Å². The number of hydrogen-bond donors (Lipinski definition) is 2. The summed E-state index contributed by atoms with van der Waals surface area (Å²) in [4.78, 5) is 18.3. The van der Waals surface area contributed by atoms with E-state index in [2.05, 4.69) is 15.3 Å². The molecular formula is C12H12FN3O. The van der Waals surface area contributed by atoms with Crippen LogP contribution in [-0.4, -0.2) is 15.9 Å². The summed E-state index contributed by atoms with van der Waals surface area (Å²) >= 11 is 0. The Morgan fingerprint density at radius 2 is 2.35 bits per heavy atom. The Bertz CT molecular complexity index is 496. The van der Waals surface area contributed by atoms with E-state index in [-0.39, 0.29) is 18.1 Å². The number of aromatic amines is 1. The van der Waals surface area contributed by atoms with Gasteiger partial charge in [-0.05, 0) is 17.7 Å². The molecule has 1 aromatic carbocycles. The molecule has 0 radical (unpaired) electrons. The third-order valence-electron chi connectivity index (χ3n) is 2.28. The van der Waals surface area contributed by atoms with Crippen molar-refractivity contribution in [1.29, 1.82) is 0 Å². The SMILES string of the molecule is O=C(Cc1cccc(F)c1)NCc1cnc[nH]1. The third kappa shape index (κ3) is 3.41. The van der Waals surface area contributed by atoms with Crippen LogP contribution < -0.4 is 5.32 Å². The van der Waals surface area contributed by atoms with Crippen molar-refractivity contribution in [3.8, 4) is 0 Å². The van der Waals surface area contributed by atoms with Crippen molar-refractivity contribution in [1.82, 2.24) is 15.3 Å². The standard InChI is InChI=1S/C12H12FN3O/c13-10-3-1-2-9(4-10)5-12(17)15-7-11-6-14-8-16-11/h1-4,6,8H,5,7H2,(H,14,16)(H,15,17). The van der Waals surface area contributed by atoms with Crippen molar-refractivity contribution >= 4 is 5.91 Å². The minimum absolute atomic E-state index is 0.148. The molecule has 88 valence electrons. The number of imidazole rings is 1. The summed E-state index contributed by atoms with van der Waals surface area (Å²) in [5, 5.41) is 2.72. The molecule has 1 heterocycles. The second-order valence-electron chi connectivity index (χ2n) is 3.66. The summed E-state index contributed by atoms with van der Waals surface area (Å²) in [6.45, 7) is 0.397. The van der Waals surface area contributed by atoms with E-state index in [1.807, 2.05) is 0 Å². The van der Waals surface area contributed by atoms with Crippen molar-refractivity contribution < 1.29 is 9.18 Å². The van der Waals surface area contributed by atoms with Gasteiger partial charge in [0, 0.05) is 6.20 Å². The number of rotatable bonds is 4. The normalized spacial score (nSPS) is 10.2. The minimum Gasteiger partial charge on any atom is -0.350 e. The van der Waals surface area contributed by atoms with Crippen molar-refractivity contribution in [2.45, 2.75) is 13.0 Å². The number of nitrogens with zero attached hydrogens (tertiary/aromatic N) is 1. The molecule has 0 aliphatic carbocycles. The summed E-state index contributed by atoms with van der Waals surface area (Å²) in [7, 11) is 0. The zero-order chi connectivity index (χ0) is 12.1. The molecule has 0 atom stereocenters. The second-order valence-corrected chi connectivity index (χ2v) is 3.66. The van der Waals surface area contributed by atoms with Crippen LogP contribution in [0.4, 0.5) is 4.39 Å². The van der Waals surface area contributed by atoms with Gasteiger partial charge in [0.15, 0.2) is 0 Å². The van der Waals surface area contributed by atoms with Gasteiger partial charge in [-0.1, -0.05) is 12.1 Å². The molecule has 5 heteroatoms. The highest BCUT2D eigenvalue weighted by Crippen LogP contribution is 2.04. The summed E-state index contributed by atoms with van der Waals surface area (Å²) in [6, 6.07) is 6.02. The molecule has 4 nitrogen and oxygen atoms in total. The van der Waals surface area contributed by atoms with Crippen LogP contribution >= 0.6 is 0 Å². The lowest BCUT2D eigenvalue weighted by Gasteiger charge is -2.03. The number of H-pyrrole nitrogens is 1. The van der Waals surface area contributed by atoms with E-state index in [1.54, 1.807) is 24.7 Å². The van der Waals surface area contributed by atoms with Crippen LogP contribution in [-0.2, 0) is 17.8 Å². The van der Waals surface area contributed by atoms with Gasteiger partial charge in [-0.3, -0.25) is 4.79 Å². The van der Waals surface area contributed by atoms with E-state index in [9.17, 15) is 9.18 Å². The van der Waals surface area contributed by atoms with E-state index in [0.717, 1.165) is 5.69 Å². The van der Waals surface area contributed by atoms with Gasteiger partial charge in [0.2, 0.25) is 5.91 Å². The number of carbonyl (C=O) groups excluding carboxylic acids is 1. The van der Waals surface area contributed by atoms with Crippen molar-refractivity contribution in [3.63, 3.8) is 0 Å². The fourth-order valence-electron chi connectivity index (χ4n) is 1.47. The predicted octanol–water partition coefficient (Wildman–Crippen LogP) is 1.41. The third-order valence-corrected chi connectivity index (χ3v) is 2.28. The molecule has 0 bridgehead atoms. The van der Waals surface area contributed by atoms with E-state index in [1.165, 1.54) is 12.1 Å². The minimum atomic E-state index is -0.330. The fraction of sp³-hybridized carbons (Fsp3) is 0.167. The Kier molecular flexibility index (Phi) is 3.49. The molecule has 0 saturated carbocycles. The Balaban J connectivity index is 1.85. The van der Waals surface area contributed by atoms with Crippen molar-refractivity contribution in [2.24, 2.45) is 0 Å². The van der Waals surface area contributed by atoms with E-state index >= 15 is 0 Å². The number of hydrogen-bond acceptors (Lipinski definition) is 2. The van der Waals surface area contributed by atoms with Gasteiger partial charge in [-0.25, -0.2) is 9.37 Å². The van der Waals surface area contributed by atoms with Gasteiger partial charge < -0.3 is 10.3 Å². The predicted molar refractivity (Wildman–Crippen MR) is 60.5 cm³/mol. The first-order valence-corrected chi connectivity index (χ1v) is 5.22. The van der Waals surface area contributed by atoms with Gasteiger partial charge in [0.1, 0.15) is 5.82 Å². The molecule has 0 unspecified atom stereocenters. The largest absolute Gasteiger partial charge is 0.350 e. The lowest BCUT2D eigenvalue weighted by molar-refractivity contribution is -0.120. The first-order chi connectivity index (χ1) is 8.24. The molecule has 2 rings (SSSR count). The maximum atomic E-state index is 12.9. The van der Waals surface area contributed by atoms with Gasteiger partial charge in [0.05, 0.1) is 25.0 Å². The average molecular weight is 233 g/mol. The number of nitrogens with one attached hydrogen (secondary N) is 2.